The summed E-state index contributed by atoms with van der Waals surface area (Å²) in [5, 5.41) is 6.51. The number of hydrogen-bond acceptors (Lipinski definition) is 6. The molecule has 0 saturated heterocycles. The largest absolute Gasteiger partial charge is 0.361 e. The molecular weight excluding hydrogens is 356 g/mol. The van der Waals surface area contributed by atoms with E-state index in [0.717, 1.165) is 27.7 Å². The van der Waals surface area contributed by atoms with Crippen molar-refractivity contribution < 1.29 is 18.1 Å². The topological polar surface area (TPSA) is 68.0 Å². The zero-order valence-corrected chi connectivity index (χ0v) is 14.2. The van der Waals surface area contributed by atoms with Crippen molar-refractivity contribution >= 4 is 44.9 Å². The normalized spacial score (nSPS) is 11.3. The second-order valence-corrected chi connectivity index (χ2v) is 7.32. The summed E-state index contributed by atoms with van der Waals surface area (Å²) in [5.41, 5.74) is 2.07. The lowest BCUT2D eigenvalue weighted by atomic mass is 10.2. The molecule has 1 N–H and O–H groups in total. The van der Waals surface area contributed by atoms with Gasteiger partial charge in [0, 0.05) is 11.8 Å². The Labute approximate surface area is 144 Å². The molecule has 2 aromatic heterocycles. The van der Waals surface area contributed by atoms with Crippen LogP contribution in [0, 0.1) is 6.92 Å². The average molecular weight is 369 g/mol. The van der Waals surface area contributed by atoms with Gasteiger partial charge in [0.05, 0.1) is 28.1 Å². The van der Waals surface area contributed by atoms with Crippen LogP contribution in [0.1, 0.15) is 11.5 Å². The monoisotopic (exact) mass is 369 g/mol. The molecule has 0 fully saturated rings. The molecule has 2 heterocycles. The number of fused-ring (bicyclic) bond motifs is 1. The van der Waals surface area contributed by atoms with Gasteiger partial charge in [0.1, 0.15) is 5.76 Å². The zero-order chi connectivity index (χ0) is 17.1. The first-order valence-corrected chi connectivity index (χ1v) is 8.83. The quantitative estimate of drug-likeness (QED) is 0.662. The molecule has 0 unspecified atom stereocenters. The van der Waals surface area contributed by atoms with Crippen LogP contribution in [-0.4, -0.2) is 28.2 Å². The van der Waals surface area contributed by atoms with Crippen molar-refractivity contribution in [3.63, 3.8) is 0 Å². The van der Waals surface area contributed by atoms with E-state index in [4.69, 9.17) is 4.52 Å². The Kier molecular flexibility index (Phi) is 5.10. The van der Waals surface area contributed by atoms with E-state index < -0.39 is 6.43 Å². The number of thioether (sulfide) groups is 1. The molecule has 0 aliphatic rings. The predicted octanol–water partition coefficient (Wildman–Crippen LogP) is 4.13. The van der Waals surface area contributed by atoms with E-state index in [-0.39, 0.29) is 18.1 Å². The maximum Gasteiger partial charge on any atom is 0.248 e. The van der Waals surface area contributed by atoms with E-state index in [1.54, 1.807) is 31.2 Å². The Balaban J connectivity index is 1.67. The Morgan fingerprint density at radius 1 is 1.42 bits per heavy atom. The first-order chi connectivity index (χ1) is 11.5. The molecular formula is C15H13F2N3O2S2. The summed E-state index contributed by atoms with van der Waals surface area (Å²) in [7, 11) is 0. The number of anilines is 1. The van der Waals surface area contributed by atoms with Crippen LogP contribution in [0.3, 0.4) is 0 Å². The van der Waals surface area contributed by atoms with E-state index in [2.05, 4.69) is 15.5 Å². The second kappa shape index (κ2) is 7.27. The molecule has 1 aromatic carbocycles. The average Bonchev–Trinajstić information content (AvgIpc) is 3.10. The predicted molar refractivity (Wildman–Crippen MR) is 89.9 cm³/mol. The van der Waals surface area contributed by atoms with Gasteiger partial charge >= 0.3 is 0 Å². The number of nitrogens with zero attached hydrogens (tertiary/aromatic N) is 2. The van der Waals surface area contributed by atoms with Gasteiger partial charge in [0.15, 0.2) is 4.34 Å². The third-order valence-electron chi connectivity index (χ3n) is 3.00. The number of rotatable bonds is 6. The summed E-state index contributed by atoms with van der Waals surface area (Å²) in [6.45, 7) is 1.78. The van der Waals surface area contributed by atoms with Gasteiger partial charge in [0.2, 0.25) is 12.3 Å². The van der Waals surface area contributed by atoms with Gasteiger partial charge in [-0.3, -0.25) is 4.79 Å². The molecule has 0 radical (unpaired) electrons. The highest BCUT2D eigenvalue weighted by atomic mass is 32.2. The Morgan fingerprint density at radius 2 is 2.25 bits per heavy atom. The van der Waals surface area contributed by atoms with Gasteiger partial charge < -0.3 is 9.84 Å². The molecule has 9 heteroatoms. The lowest BCUT2D eigenvalue weighted by Gasteiger charge is -2.03. The van der Waals surface area contributed by atoms with Crippen LogP contribution in [-0.2, 0) is 11.2 Å². The third-order valence-corrected chi connectivity index (χ3v) is 5.17. The highest BCUT2D eigenvalue weighted by molar-refractivity contribution is 8.01. The minimum absolute atomic E-state index is 0.0943. The summed E-state index contributed by atoms with van der Waals surface area (Å²) < 4.78 is 31.0. The summed E-state index contributed by atoms with van der Waals surface area (Å²) in [6, 6.07) is 6.97. The van der Waals surface area contributed by atoms with Gasteiger partial charge in [-0.25, -0.2) is 13.8 Å². The van der Waals surface area contributed by atoms with Crippen LogP contribution in [0.25, 0.3) is 10.2 Å². The number of alkyl halides is 2. The number of thiazole rings is 1. The Morgan fingerprint density at radius 3 is 2.96 bits per heavy atom. The van der Waals surface area contributed by atoms with Crippen molar-refractivity contribution in [2.45, 2.75) is 24.1 Å². The van der Waals surface area contributed by atoms with Gasteiger partial charge in [-0.15, -0.1) is 11.3 Å². The molecule has 126 valence electrons. The summed E-state index contributed by atoms with van der Waals surface area (Å²) in [5.74, 6) is -0.00289. The van der Waals surface area contributed by atoms with E-state index >= 15 is 0 Å². The summed E-state index contributed by atoms with van der Waals surface area (Å²) >= 11 is 2.36. The number of amides is 1. The van der Waals surface area contributed by atoms with E-state index in [1.807, 2.05) is 0 Å². The molecule has 1 amide bonds. The van der Waals surface area contributed by atoms with Crippen LogP contribution in [0.4, 0.5) is 14.5 Å². The molecule has 24 heavy (non-hydrogen) atoms. The fourth-order valence-corrected chi connectivity index (χ4v) is 3.92. The number of aryl methyl sites for hydroxylation is 1. The van der Waals surface area contributed by atoms with Gasteiger partial charge in [-0.05, 0) is 25.1 Å². The minimum atomic E-state index is -2.36. The SMILES string of the molecule is Cc1cc(CC(=O)Nc2ccc3nc(SCC(F)F)sc3c2)on1. The number of nitrogens with one attached hydrogen (secondary N) is 1. The maximum atomic E-state index is 12.3. The first-order valence-electron chi connectivity index (χ1n) is 7.03. The molecule has 3 rings (SSSR count). The molecule has 0 spiro atoms. The minimum Gasteiger partial charge on any atom is -0.361 e. The number of hydrogen-bond donors (Lipinski definition) is 1. The molecule has 0 atom stereocenters. The number of aromatic nitrogens is 2. The number of carbonyl (C=O) groups excluding carboxylic acids is 1. The van der Waals surface area contributed by atoms with Gasteiger partial charge in [-0.1, -0.05) is 16.9 Å². The molecule has 0 aliphatic heterocycles. The molecule has 0 bridgehead atoms. The fourth-order valence-electron chi connectivity index (χ4n) is 2.04. The molecule has 5 nitrogen and oxygen atoms in total. The van der Waals surface area contributed by atoms with Gasteiger partial charge in [0.25, 0.3) is 0 Å². The van der Waals surface area contributed by atoms with Crippen LogP contribution in [0.2, 0.25) is 0 Å². The van der Waals surface area contributed by atoms with Crippen LogP contribution >= 0.6 is 23.1 Å². The lowest BCUT2D eigenvalue weighted by molar-refractivity contribution is -0.115. The number of halogens is 2. The maximum absolute atomic E-state index is 12.3. The molecule has 0 saturated carbocycles. The smallest absolute Gasteiger partial charge is 0.248 e. The van der Waals surface area contributed by atoms with Crippen molar-refractivity contribution in [1.29, 1.82) is 0 Å². The summed E-state index contributed by atoms with van der Waals surface area (Å²) in [6.07, 6.45) is -2.27. The number of carbonyl (C=O) groups is 1. The van der Waals surface area contributed by atoms with Crippen molar-refractivity contribution in [3.05, 3.63) is 35.7 Å². The fraction of sp³-hybridized carbons (Fsp3) is 0.267. The Hall–Kier alpha value is -2.00. The van der Waals surface area contributed by atoms with Crippen molar-refractivity contribution in [2.75, 3.05) is 11.1 Å². The number of benzene rings is 1. The lowest BCUT2D eigenvalue weighted by Crippen LogP contribution is -2.13. The summed E-state index contributed by atoms with van der Waals surface area (Å²) in [4.78, 5) is 16.3. The molecule has 0 aliphatic carbocycles. The highest BCUT2D eigenvalue weighted by Crippen LogP contribution is 2.32. The van der Waals surface area contributed by atoms with Crippen LogP contribution < -0.4 is 5.32 Å². The van der Waals surface area contributed by atoms with Crippen LogP contribution in [0.15, 0.2) is 33.1 Å². The van der Waals surface area contributed by atoms with Crippen LogP contribution in [0.5, 0.6) is 0 Å². The van der Waals surface area contributed by atoms with E-state index in [0.29, 0.717) is 15.8 Å². The second-order valence-electron chi connectivity index (χ2n) is 5.02. The van der Waals surface area contributed by atoms with E-state index in [9.17, 15) is 13.6 Å². The zero-order valence-electron chi connectivity index (χ0n) is 12.6. The van der Waals surface area contributed by atoms with Crippen molar-refractivity contribution in [2.24, 2.45) is 0 Å². The van der Waals surface area contributed by atoms with Crippen molar-refractivity contribution in [1.82, 2.24) is 10.1 Å². The molecule has 3 aromatic rings. The Bertz CT molecular complexity index is 863. The van der Waals surface area contributed by atoms with Gasteiger partial charge in [-0.2, -0.15) is 0 Å². The standard InChI is InChI=1S/C15H13F2N3O2S2/c1-8-4-10(22-20-8)6-14(21)18-9-2-3-11-12(5-9)24-15(19-11)23-7-13(16)17/h2-5,13H,6-7H2,1H3,(H,18,21). The van der Waals surface area contributed by atoms with E-state index in [1.165, 1.54) is 11.3 Å². The first kappa shape index (κ1) is 16.8. The van der Waals surface area contributed by atoms with Crippen molar-refractivity contribution in [3.8, 4) is 0 Å². The third kappa shape index (κ3) is 4.30. The highest BCUT2D eigenvalue weighted by Gasteiger charge is 2.11.